The van der Waals surface area contributed by atoms with Gasteiger partial charge in [0.1, 0.15) is 5.82 Å². The first-order valence-electron chi connectivity index (χ1n) is 7.22. The molecule has 0 atom stereocenters. The molecule has 1 aliphatic heterocycles. The number of carbonyl (C=O) groups excluding carboxylic acids is 2. The first-order valence-corrected chi connectivity index (χ1v) is 8.20. The molecule has 0 spiro atoms. The molecule has 2 N–H and O–H groups in total. The van der Waals surface area contributed by atoms with Crippen molar-refractivity contribution in [3.8, 4) is 0 Å². The zero-order chi connectivity index (χ0) is 16.2. The summed E-state index contributed by atoms with van der Waals surface area (Å²) in [4.78, 5) is 24.8. The second kappa shape index (κ2) is 6.83. The molecule has 0 radical (unpaired) electrons. The van der Waals surface area contributed by atoms with Gasteiger partial charge < -0.3 is 10.6 Å². The minimum atomic E-state index is -0.349. The monoisotopic (exact) mass is 330 g/mol. The molecule has 0 fully saturated rings. The highest BCUT2D eigenvalue weighted by molar-refractivity contribution is 7.99. The molecule has 0 unspecified atom stereocenters. The normalized spacial score (nSPS) is 13.7. The third-order valence-electron chi connectivity index (χ3n) is 3.50. The molecule has 2 aromatic carbocycles. The van der Waals surface area contributed by atoms with Crippen molar-refractivity contribution < 1.29 is 14.0 Å². The average molecular weight is 330 g/mol. The number of fused-ring (bicyclic) bond motifs is 1. The summed E-state index contributed by atoms with van der Waals surface area (Å²) in [7, 11) is 0. The van der Waals surface area contributed by atoms with Crippen molar-refractivity contribution in [2.75, 3.05) is 11.1 Å². The van der Waals surface area contributed by atoms with E-state index in [1.807, 2.05) is 6.07 Å². The zero-order valence-corrected chi connectivity index (χ0v) is 13.1. The average Bonchev–Trinajstić information content (AvgIpc) is 2.73. The number of benzene rings is 2. The Labute approximate surface area is 137 Å². The fraction of sp³-hybridized carbons (Fsp3) is 0.176. The zero-order valence-electron chi connectivity index (χ0n) is 12.3. The summed E-state index contributed by atoms with van der Waals surface area (Å²) in [5.74, 6) is 0.00981. The van der Waals surface area contributed by atoms with E-state index in [0.29, 0.717) is 23.2 Å². The van der Waals surface area contributed by atoms with Gasteiger partial charge in [0.2, 0.25) is 5.91 Å². The minimum absolute atomic E-state index is 0.0554. The van der Waals surface area contributed by atoms with E-state index in [0.717, 1.165) is 10.6 Å². The number of thioether (sulfide) groups is 1. The molecule has 118 valence electrons. The maximum absolute atomic E-state index is 13.6. The van der Waals surface area contributed by atoms with Gasteiger partial charge in [0.05, 0.1) is 5.69 Å². The summed E-state index contributed by atoms with van der Waals surface area (Å²) in [6.45, 7) is 0.115. The maximum atomic E-state index is 13.6. The van der Waals surface area contributed by atoms with Crippen LogP contribution in [-0.2, 0) is 11.3 Å². The van der Waals surface area contributed by atoms with Crippen molar-refractivity contribution >= 4 is 29.3 Å². The molecule has 0 saturated heterocycles. The Hall–Kier alpha value is -2.34. The fourth-order valence-corrected chi connectivity index (χ4v) is 3.22. The standard InChI is InChI=1S/C17H15FN2O2S/c18-13-4-2-1-3-12(13)10-19-17(22)11-5-6-15-14(9-11)20-16(21)7-8-23-15/h1-6,9H,7-8,10H2,(H,19,22)(H,20,21). The van der Waals surface area contributed by atoms with Crippen LogP contribution in [0.15, 0.2) is 47.4 Å². The lowest BCUT2D eigenvalue weighted by molar-refractivity contribution is -0.115. The Kier molecular flexibility index (Phi) is 4.62. The van der Waals surface area contributed by atoms with Gasteiger partial charge in [-0.1, -0.05) is 18.2 Å². The van der Waals surface area contributed by atoms with Crippen molar-refractivity contribution in [2.24, 2.45) is 0 Å². The summed E-state index contributed by atoms with van der Waals surface area (Å²) < 4.78 is 13.6. The van der Waals surface area contributed by atoms with E-state index in [1.54, 1.807) is 42.1 Å². The van der Waals surface area contributed by atoms with E-state index >= 15 is 0 Å². The van der Waals surface area contributed by atoms with Crippen molar-refractivity contribution in [3.05, 3.63) is 59.4 Å². The van der Waals surface area contributed by atoms with Crippen LogP contribution in [0.25, 0.3) is 0 Å². The van der Waals surface area contributed by atoms with Crippen LogP contribution in [0, 0.1) is 5.82 Å². The largest absolute Gasteiger partial charge is 0.348 e. The predicted octanol–water partition coefficient (Wildman–Crippen LogP) is 3.19. The fourth-order valence-electron chi connectivity index (χ4n) is 2.28. The van der Waals surface area contributed by atoms with Gasteiger partial charge in [-0.15, -0.1) is 11.8 Å². The highest BCUT2D eigenvalue weighted by Crippen LogP contribution is 2.31. The maximum Gasteiger partial charge on any atom is 0.251 e. The molecule has 2 amide bonds. The number of anilines is 1. The molecule has 1 aliphatic rings. The van der Waals surface area contributed by atoms with Gasteiger partial charge in [-0.2, -0.15) is 0 Å². The Balaban J connectivity index is 1.73. The molecule has 0 aliphatic carbocycles. The molecule has 2 aromatic rings. The summed E-state index contributed by atoms with van der Waals surface area (Å²) in [5, 5.41) is 5.49. The third-order valence-corrected chi connectivity index (χ3v) is 4.58. The number of hydrogen-bond acceptors (Lipinski definition) is 3. The Morgan fingerprint density at radius 2 is 2.09 bits per heavy atom. The van der Waals surface area contributed by atoms with Gasteiger partial charge in [-0.25, -0.2) is 4.39 Å². The highest BCUT2D eigenvalue weighted by Gasteiger charge is 2.15. The van der Waals surface area contributed by atoms with Crippen LogP contribution in [0.3, 0.4) is 0 Å². The van der Waals surface area contributed by atoms with Crippen LogP contribution in [0.5, 0.6) is 0 Å². The smallest absolute Gasteiger partial charge is 0.251 e. The van der Waals surface area contributed by atoms with Crippen LogP contribution >= 0.6 is 11.8 Å². The van der Waals surface area contributed by atoms with Crippen LogP contribution in [0.2, 0.25) is 0 Å². The highest BCUT2D eigenvalue weighted by atomic mass is 32.2. The molecule has 23 heavy (non-hydrogen) atoms. The summed E-state index contributed by atoms with van der Waals surface area (Å²) in [6, 6.07) is 11.5. The lowest BCUT2D eigenvalue weighted by atomic mass is 10.1. The number of nitrogens with one attached hydrogen (secondary N) is 2. The van der Waals surface area contributed by atoms with Crippen molar-refractivity contribution in [1.82, 2.24) is 5.32 Å². The van der Waals surface area contributed by atoms with Gasteiger partial charge >= 0.3 is 0 Å². The molecule has 1 heterocycles. The Bertz CT molecular complexity index is 764. The molecule has 3 rings (SSSR count). The van der Waals surface area contributed by atoms with E-state index in [2.05, 4.69) is 10.6 Å². The molecular weight excluding hydrogens is 315 g/mol. The molecule has 0 saturated carbocycles. The lowest BCUT2D eigenvalue weighted by Crippen LogP contribution is -2.23. The SMILES string of the molecule is O=C1CCSc2ccc(C(=O)NCc3ccccc3F)cc2N1. The van der Waals surface area contributed by atoms with E-state index in [9.17, 15) is 14.0 Å². The first-order chi connectivity index (χ1) is 11.1. The van der Waals surface area contributed by atoms with E-state index in [4.69, 9.17) is 0 Å². The van der Waals surface area contributed by atoms with Gasteiger partial charge in [-0.05, 0) is 24.3 Å². The predicted molar refractivity (Wildman–Crippen MR) is 88.0 cm³/mol. The van der Waals surface area contributed by atoms with E-state index < -0.39 is 0 Å². The van der Waals surface area contributed by atoms with Crippen LogP contribution < -0.4 is 10.6 Å². The molecule has 6 heteroatoms. The molecule has 0 aromatic heterocycles. The number of hydrogen-bond donors (Lipinski definition) is 2. The van der Waals surface area contributed by atoms with Crippen molar-refractivity contribution in [3.63, 3.8) is 0 Å². The van der Waals surface area contributed by atoms with Crippen molar-refractivity contribution in [2.45, 2.75) is 17.9 Å². The van der Waals surface area contributed by atoms with Crippen LogP contribution in [0.4, 0.5) is 10.1 Å². The van der Waals surface area contributed by atoms with Gasteiger partial charge in [0.15, 0.2) is 0 Å². The second-order valence-corrected chi connectivity index (χ2v) is 6.27. The lowest BCUT2D eigenvalue weighted by Gasteiger charge is -2.10. The number of rotatable bonds is 3. The molecular formula is C17H15FN2O2S. The molecule has 4 nitrogen and oxygen atoms in total. The van der Waals surface area contributed by atoms with Gasteiger partial charge in [0, 0.05) is 34.7 Å². The number of halogens is 1. The van der Waals surface area contributed by atoms with E-state index in [1.165, 1.54) is 6.07 Å². The van der Waals surface area contributed by atoms with Crippen molar-refractivity contribution in [1.29, 1.82) is 0 Å². The summed E-state index contributed by atoms with van der Waals surface area (Å²) >= 11 is 1.58. The molecule has 0 bridgehead atoms. The Morgan fingerprint density at radius 1 is 1.26 bits per heavy atom. The third kappa shape index (κ3) is 3.71. The van der Waals surface area contributed by atoms with Crippen LogP contribution in [-0.4, -0.2) is 17.6 Å². The van der Waals surface area contributed by atoms with E-state index in [-0.39, 0.29) is 24.2 Å². The van der Waals surface area contributed by atoms with Gasteiger partial charge in [0.25, 0.3) is 5.91 Å². The first kappa shape index (κ1) is 15.6. The summed E-state index contributed by atoms with van der Waals surface area (Å²) in [5.41, 5.74) is 1.51. The number of amides is 2. The minimum Gasteiger partial charge on any atom is -0.348 e. The topological polar surface area (TPSA) is 58.2 Å². The summed E-state index contributed by atoms with van der Waals surface area (Å²) in [6.07, 6.45) is 0.453. The Morgan fingerprint density at radius 3 is 2.91 bits per heavy atom. The number of carbonyl (C=O) groups is 2. The van der Waals surface area contributed by atoms with Gasteiger partial charge in [-0.3, -0.25) is 9.59 Å². The quantitative estimate of drug-likeness (QED) is 0.909. The second-order valence-electron chi connectivity index (χ2n) is 5.13. The van der Waals surface area contributed by atoms with Crippen LogP contribution in [0.1, 0.15) is 22.3 Å².